The van der Waals surface area contributed by atoms with E-state index in [1.54, 1.807) is 18.2 Å². The fourth-order valence-electron chi connectivity index (χ4n) is 3.90. The molecule has 1 N–H and O–H groups in total. The van der Waals surface area contributed by atoms with Crippen LogP contribution in [0.3, 0.4) is 0 Å². The lowest BCUT2D eigenvalue weighted by Gasteiger charge is -2.21. The Morgan fingerprint density at radius 2 is 2.03 bits per heavy atom. The van der Waals surface area contributed by atoms with Crippen molar-refractivity contribution < 1.29 is 23.4 Å². The highest BCUT2D eigenvalue weighted by molar-refractivity contribution is 5.87. The lowest BCUT2D eigenvalue weighted by molar-refractivity contribution is 0.0851. The van der Waals surface area contributed by atoms with Gasteiger partial charge in [0, 0.05) is 31.3 Å². The lowest BCUT2D eigenvalue weighted by Crippen LogP contribution is -2.23. The topological polar surface area (TPSA) is 38.7 Å². The van der Waals surface area contributed by atoms with Crippen molar-refractivity contribution in [1.82, 2.24) is 0 Å². The first-order chi connectivity index (χ1) is 14.6. The lowest BCUT2D eigenvalue weighted by atomic mass is 9.89. The van der Waals surface area contributed by atoms with Gasteiger partial charge in [0.15, 0.2) is 11.6 Å². The predicted molar refractivity (Wildman–Crippen MR) is 114 cm³/mol. The number of hydrogen-bond acceptors (Lipinski definition) is 3. The van der Waals surface area contributed by atoms with E-state index in [1.165, 1.54) is 20.3 Å². The number of benzene rings is 1. The van der Waals surface area contributed by atoms with E-state index in [4.69, 9.17) is 14.6 Å². The Bertz CT molecular complexity index is 918. The summed E-state index contributed by atoms with van der Waals surface area (Å²) >= 11 is 0. The summed E-state index contributed by atoms with van der Waals surface area (Å²) in [6, 6.07) is 3.49. The second-order valence-electron chi connectivity index (χ2n) is 7.42. The monoisotopic (exact) mass is 414 g/mol. The Hall–Kier alpha value is -2.42. The standard InChI is InChI=1S/C25H28F2O3/c1-29-23-14-12-20-19(8-5-3-4-6-15-28)18(9-7-10-21(20)25(23)27)17-11-13-22(26)24(16-17)30-2/h11-14,16,22,24,28H,3-4,6-7,9-10,15H2,1-2H3. The zero-order valence-corrected chi connectivity index (χ0v) is 17.5. The SMILES string of the molecule is COc1ccc2c(c1F)CCCC(C1=CC(OC)C(F)C=C1)=C2C#CCCCCO. The number of halogens is 2. The molecule has 1 aromatic carbocycles. The number of allylic oxidation sites excluding steroid dienone is 4. The molecule has 3 nitrogen and oxygen atoms in total. The highest BCUT2D eigenvalue weighted by Crippen LogP contribution is 2.38. The summed E-state index contributed by atoms with van der Waals surface area (Å²) < 4.78 is 39.5. The Kier molecular flexibility index (Phi) is 7.84. The minimum Gasteiger partial charge on any atom is -0.494 e. The molecule has 0 spiro atoms. The number of unbranched alkanes of at least 4 members (excludes halogenated alkanes) is 2. The summed E-state index contributed by atoms with van der Waals surface area (Å²) in [6.07, 6.45) is 7.42. The van der Waals surface area contributed by atoms with Crippen molar-refractivity contribution in [2.24, 2.45) is 0 Å². The molecule has 0 radical (unpaired) electrons. The molecule has 0 aromatic heterocycles. The summed E-state index contributed by atoms with van der Waals surface area (Å²) in [5.41, 5.74) is 4.01. The molecule has 3 rings (SSSR count). The van der Waals surface area contributed by atoms with Gasteiger partial charge in [-0.1, -0.05) is 17.9 Å². The minimum absolute atomic E-state index is 0.143. The summed E-state index contributed by atoms with van der Waals surface area (Å²) in [5, 5.41) is 8.97. The van der Waals surface area contributed by atoms with Crippen molar-refractivity contribution in [2.75, 3.05) is 20.8 Å². The van der Waals surface area contributed by atoms with Crippen molar-refractivity contribution >= 4 is 5.57 Å². The van der Waals surface area contributed by atoms with Crippen LogP contribution < -0.4 is 4.74 Å². The fraction of sp³-hybridized carbons (Fsp3) is 0.440. The molecule has 2 atom stereocenters. The molecule has 0 saturated heterocycles. The van der Waals surface area contributed by atoms with Crippen LogP contribution in [-0.2, 0) is 11.2 Å². The van der Waals surface area contributed by atoms with Crippen molar-refractivity contribution in [2.45, 2.75) is 50.8 Å². The normalized spacial score (nSPS) is 20.8. The van der Waals surface area contributed by atoms with Crippen molar-refractivity contribution in [3.05, 3.63) is 58.5 Å². The van der Waals surface area contributed by atoms with E-state index in [0.717, 1.165) is 35.1 Å². The van der Waals surface area contributed by atoms with E-state index >= 15 is 4.39 Å². The molecule has 2 aliphatic rings. The third kappa shape index (κ3) is 4.83. The Balaban J connectivity index is 2.11. The fourth-order valence-corrected chi connectivity index (χ4v) is 3.90. The van der Waals surface area contributed by atoms with Gasteiger partial charge in [-0.15, -0.1) is 0 Å². The first-order valence-corrected chi connectivity index (χ1v) is 10.4. The smallest absolute Gasteiger partial charge is 0.168 e. The molecule has 0 bridgehead atoms. The Morgan fingerprint density at radius 1 is 1.20 bits per heavy atom. The van der Waals surface area contributed by atoms with Crippen LogP contribution in [0.1, 0.15) is 43.2 Å². The van der Waals surface area contributed by atoms with Crippen molar-refractivity contribution in [3.8, 4) is 17.6 Å². The first kappa shape index (κ1) is 22.3. The molecular weight excluding hydrogens is 386 g/mol. The number of fused-ring (bicyclic) bond motifs is 1. The molecule has 0 aliphatic heterocycles. The van der Waals surface area contributed by atoms with Crippen LogP contribution in [-0.4, -0.2) is 38.2 Å². The maximum atomic E-state index is 15.0. The number of aliphatic hydroxyl groups excluding tert-OH is 1. The van der Waals surface area contributed by atoms with E-state index in [0.29, 0.717) is 31.2 Å². The highest BCUT2D eigenvalue weighted by atomic mass is 19.1. The highest BCUT2D eigenvalue weighted by Gasteiger charge is 2.26. The molecule has 2 unspecified atom stereocenters. The summed E-state index contributed by atoms with van der Waals surface area (Å²) in [6.45, 7) is 0.143. The third-order valence-corrected chi connectivity index (χ3v) is 5.51. The molecule has 0 amide bonds. The zero-order chi connectivity index (χ0) is 21.5. The molecular formula is C25H28F2O3. The van der Waals surface area contributed by atoms with Gasteiger partial charge in [-0.2, -0.15) is 0 Å². The van der Waals surface area contributed by atoms with Gasteiger partial charge in [0.25, 0.3) is 0 Å². The summed E-state index contributed by atoms with van der Waals surface area (Å²) in [5.74, 6) is 6.33. The average molecular weight is 414 g/mol. The maximum Gasteiger partial charge on any atom is 0.168 e. The minimum atomic E-state index is -1.19. The quantitative estimate of drug-likeness (QED) is 0.529. The summed E-state index contributed by atoms with van der Waals surface area (Å²) in [7, 11) is 2.95. The van der Waals surface area contributed by atoms with Crippen LogP contribution in [0.15, 0.2) is 41.5 Å². The second kappa shape index (κ2) is 10.6. The van der Waals surface area contributed by atoms with Crippen molar-refractivity contribution in [1.29, 1.82) is 0 Å². The molecule has 0 saturated carbocycles. The van der Waals surface area contributed by atoms with Gasteiger partial charge >= 0.3 is 0 Å². The first-order valence-electron chi connectivity index (χ1n) is 10.4. The van der Waals surface area contributed by atoms with E-state index in [9.17, 15) is 4.39 Å². The largest absolute Gasteiger partial charge is 0.494 e. The molecule has 30 heavy (non-hydrogen) atoms. The molecule has 0 fully saturated rings. The van der Waals surface area contributed by atoms with E-state index in [-0.39, 0.29) is 18.2 Å². The van der Waals surface area contributed by atoms with Gasteiger partial charge in [-0.05, 0) is 73.1 Å². The van der Waals surface area contributed by atoms with Crippen LogP contribution in [0.4, 0.5) is 8.78 Å². The molecule has 1 aromatic rings. The number of rotatable bonds is 6. The van der Waals surface area contributed by atoms with E-state index in [1.807, 2.05) is 6.07 Å². The molecule has 2 aliphatic carbocycles. The van der Waals surface area contributed by atoms with Gasteiger partial charge in [0.05, 0.1) is 7.11 Å². The molecule has 160 valence electrons. The zero-order valence-electron chi connectivity index (χ0n) is 17.5. The van der Waals surface area contributed by atoms with Crippen LogP contribution in [0.5, 0.6) is 5.75 Å². The van der Waals surface area contributed by atoms with Gasteiger partial charge in [0.1, 0.15) is 12.3 Å². The number of alkyl halides is 1. The number of aliphatic hydroxyl groups is 1. The van der Waals surface area contributed by atoms with Crippen LogP contribution in [0.2, 0.25) is 0 Å². The predicted octanol–water partition coefficient (Wildman–Crippen LogP) is 4.94. The maximum absolute atomic E-state index is 15.0. The third-order valence-electron chi connectivity index (χ3n) is 5.51. The van der Waals surface area contributed by atoms with Crippen molar-refractivity contribution in [3.63, 3.8) is 0 Å². The van der Waals surface area contributed by atoms with Gasteiger partial charge in [-0.25, -0.2) is 8.78 Å². The van der Waals surface area contributed by atoms with E-state index < -0.39 is 12.3 Å². The van der Waals surface area contributed by atoms with Gasteiger partial charge in [-0.3, -0.25) is 0 Å². The number of methoxy groups -OCH3 is 2. The summed E-state index contributed by atoms with van der Waals surface area (Å²) in [4.78, 5) is 0. The van der Waals surface area contributed by atoms with Crippen LogP contribution >= 0.6 is 0 Å². The van der Waals surface area contributed by atoms with Crippen LogP contribution in [0.25, 0.3) is 5.57 Å². The van der Waals surface area contributed by atoms with Gasteiger partial charge < -0.3 is 14.6 Å². The Morgan fingerprint density at radius 3 is 2.77 bits per heavy atom. The van der Waals surface area contributed by atoms with Crippen LogP contribution in [0, 0.1) is 17.7 Å². The number of hydrogen-bond donors (Lipinski definition) is 1. The van der Waals surface area contributed by atoms with E-state index in [2.05, 4.69) is 11.8 Å². The average Bonchev–Trinajstić information content (AvgIpc) is 2.94. The Labute approximate surface area is 177 Å². The molecule has 5 heteroatoms. The van der Waals surface area contributed by atoms with Gasteiger partial charge in [0.2, 0.25) is 0 Å². The second-order valence-corrected chi connectivity index (χ2v) is 7.42. The number of ether oxygens (including phenoxy) is 2. The molecule has 0 heterocycles.